The highest BCUT2D eigenvalue weighted by Gasteiger charge is 2.02. The summed E-state index contributed by atoms with van der Waals surface area (Å²) in [4.78, 5) is 10.7. The number of allylic oxidation sites excluding steroid dienone is 5. The molecule has 0 aromatic rings. The SMILES string of the molecule is CCCNC1=CCC=CC=C1C=O. The van der Waals surface area contributed by atoms with E-state index >= 15 is 0 Å². The van der Waals surface area contributed by atoms with E-state index in [-0.39, 0.29) is 0 Å². The number of carbonyl (C=O) groups is 1. The van der Waals surface area contributed by atoms with E-state index in [1.165, 1.54) is 0 Å². The van der Waals surface area contributed by atoms with Gasteiger partial charge in [-0.05, 0) is 18.9 Å². The third-order valence-corrected chi connectivity index (χ3v) is 1.87. The number of hydrogen-bond acceptors (Lipinski definition) is 2. The highest BCUT2D eigenvalue weighted by molar-refractivity contribution is 5.80. The molecular formula is C11H15NO. The Labute approximate surface area is 79.0 Å². The molecule has 2 nitrogen and oxygen atoms in total. The van der Waals surface area contributed by atoms with Crippen LogP contribution in [0.3, 0.4) is 0 Å². The number of nitrogens with one attached hydrogen (secondary N) is 1. The standard InChI is InChI=1S/C11H15NO/c1-2-8-12-11-7-5-3-4-6-10(11)9-13/h3-4,6-7,9,12H,2,5,8H2,1H3. The lowest BCUT2D eigenvalue weighted by molar-refractivity contribution is -0.104. The van der Waals surface area contributed by atoms with Crippen LogP contribution >= 0.6 is 0 Å². The maximum atomic E-state index is 10.7. The van der Waals surface area contributed by atoms with Crippen molar-refractivity contribution in [2.75, 3.05) is 6.54 Å². The van der Waals surface area contributed by atoms with Crippen molar-refractivity contribution in [2.45, 2.75) is 19.8 Å². The molecule has 1 aliphatic rings. The summed E-state index contributed by atoms with van der Waals surface area (Å²) in [5.74, 6) is 0. The van der Waals surface area contributed by atoms with Gasteiger partial charge in [-0.1, -0.05) is 25.2 Å². The first-order valence-corrected chi connectivity index (χ1v) is 4.65. The van der Waals surface area contributed by atoms with Crippen molar-refractivity contribution in [1.82, 2.24) is 5.32 Å². The van der Waals surface area contributed by atoms with Gasteiger partial charge in [-0.2, -0.15) is 0 Å². The zero-order chi connectivity index (χ0) is 9.52. The Morgan fingerprint density at radius 3 is 3.15 bits per heavy atom. The van der Waals surface area contributed by atoms with Gasteiger partial charge in [-0.15, -0.1) is 0 Å². The van der Waals surface area contributed by atoms with Gasteiger partial charge in [0, 0.05) is 17.8 Å². The summed E-state index contributed by atoms with van der Waals surface area (Å²) < 4.78 is 0. The van der Waals surface area contributed by atoms with Crippen LogP contribution in [0.25, 0.3) is 0 Å². The summed E-state index contributed by atoms with van der Waals surface area (Å²) in [7, 11) is 0. The van der Waals surface area contributed by atoms with Crippen LogP contribution in [-0.4, -0.2) is 12.8 Å². The van der Waals surface area contributed by atoms with Crippen molar-refractivity contribution in [3.05, 3.63) is 35.6 Å². The molecule has 0 atom stereocenters. The zero-order valence-electron chi connectivity index (χ0n) is 7.92. The van der Waals surface area contributed by atoms with E-state index in [9.17, 15) is 4.79 Å². The second-order valence-electron chi connectivity index (χ2n) is 2.95. The Hall–Kier alpha value is -1.31. The fourth-order valence-corrected chi connectivity index (χ4v) is 1.18. The molecule has 0 bridgehead atoms. The Morgan fingerprint density at radius 2 is 2.46 bits per heavy atom. The molecule has 0 aromatic carbocycles. The third-order valence-electron chi connectivity index (χ3n) is 1.87. The first-order chi connectivity index (χ1) is 6.38. The summed E-state index contributed by atoms with van der Waals surface area (Å²) in [6, 6.07) is 0. The maximum absolute atomic E-state index is 10.7. The summed E-state index contributed by atoms with van der Waals surface area (Å²) in [6.07, 6.45) is 10.7. The zero-order valence-corrected chi connectivity index (χ0v) is 7.92. The largest absolute Gasteiger partial charge is 0.385 e. The van der Waals surface area contributed by atoms with Crippen LogP contribution in [0, 0.1) is 0 Å². The number of carbonyl (C=O) groups excluding carboxylic acids is 1. The van der Waals surface area contributed by atoms with E-state index in [4.69, 9.17) is 0 Å². The Bertz CT molecular complexity index is 261. The lowest BCUT2D eigenvalue weighted by Gasteiger charge is -2.08. The highest BCUT2D eigenvalue weighted by atomic mass is 16.1. The minimum Gasteiger partial charge on any atom is -0.385 e. The molecule has 0 saturated carbocycles. The van der Waals surface area contributed by atoms with E-state index < -0.39 is 0 Å². The van der Waals surface area contributed by atoms with Crippen molar-refractivity contribution in [3.8, 4) is 0 Å². The molecule has 70 valence electrons. The molecular weight excluding hydrogens is 162 g/mol. The van der Waals surface area contributed by atoms with Crippen molar-refractivity contribution in [2.24, 2.45) is 0 Å². The molecule has 13 heavy (non-hydrogen) atoms. The van der Waals surface area contributed by atoms with Crippen LogP contribution in [-0.2, 0) is 4.79 Å². The van der Waals surface area contributed by atoms with E-state index in [0.717, 1.165) is 36.9 Å². The van der Waals surface area contributed by atoms with Crippen molar-refractivity contribution in [1.29, 1.82) is 0 Å². The third kappa shape index (κ3) is 2.90. The average Bonchev–Trinajstić information content (AvgIpc) is 2.39. The molecule has 0 radical (unpaired) electrons. The molecule has 1 N–H and O–H groups in total. The van der Waals surface area contributed by atoms with E-state index in [2.05, 4.69) is 12.2 Å². The molecule has 0 spiro atoms. The minimum absolute atomic E-state index is 0.738. The van der Waals surface area contributed by atoms with Crippen molar-refractivity contribution >= 4 is 6.29 Å². The van der Waals surface area contributed by atoms with Crippen molar-refractivity contribution < 1.29 is 4.79 Å². The summed E-state index contributed by atoms with van der Waals surface area (Å²) in [5.41, 5.74) is 1.70. The van der Waals surface area contributed by atoms with E-state index in [1.807, 2.05) is 24.3 Å². The predicted octanol–water partition coefficient (Wildman–Crippen LogP) is 1.96. The predicted molar refractivity (Wildman–Crippen MR) is 54.3 cm³/mol. The normalized spacial score (nSPS) is 15.8. The van der Waals surface area contributed by atoms with Gasteiger partial charge >= 0.3 is 0 Å². The first kappa shape index (κ1) is 9.78. The smallest absolute Gasteiger partial charge is 0.152 e. The molecule has 0 heterocycles. The van der Waals surface area contributed by atoms with Gasteiger partial charge in [0.2, 0.25) is 0 Å². The van der Waals surface area contributed by atoms with E-state index in [0.29, 0.717) is 0 Å². The van der Waals surface area contributed by atoms with Crippen LogP contribution in [0.2, 0.25) is 0 Å². The van der Waals surface area contributed by atoms with Gasteiger partial charge in [0.1, 0.15) is 0 Å². The number of rotatable bonds is 4. The molecule has 2 heteroatoms. The Kier molecular flexibility index (Phi) is 4.03. The second kappa shape index (κ2) is 5.36. The second-order valence-corrected chi connectivity index (χ2v) is 2.95. The molecule has 0 fully saturated rings. The maximum Gasteiger partial charge on any atom is 0.152 e. The topological polar surface area (TPSA) is 29.1 Å². The summed E-state index contributed by atoms with van der Waals surface area (Å²) >= 11 is 0. The van der Waals surface area contributed by atoms with Gasteiger partial charge < -0.3 is 5.32 Å². The highest BCUT2D eigenvalue weighted by Crippen LogP contribution is 2.09. The van der Waals surface area contributed by atoms with Crippen LogP contribution in [0.1, 0.15) is 19.8 Å². The quantitative estimate of drug-likeness (QED) is 0.665. The van der Waals surface area contributed by atoms with Gasteiger partial charge in [0.05, 0.1) is 0 Å². The fourth-order valence-electron chi connectivity index (χ4n) is 1.18. The Balaban J connectivity index is 2.68. The summed E-state index contributed by atoms with van der Waals surface area (Å²) in [5, 5.41) is 3.23. The lowest BCUT2D eigenvalue weighted by atomic mass is 10.2. The van der Waals surface area contributed by atoms with Crippen LogP contribution in [0.4, 0.5) is 0 Å². The lowest BCUT2D eigenvalue weighted by Crippen LogP contribution is -2.16. The molecule has 0 saturated heterocycles. The summed E-state index contributed by atoms with van der Waals surface area (Å²) in [6.45, 7) is 3.02. The Morgan fingerprint density at radius 1 is 1.62 bits per heavy atom. The van der Waals surface area contributed by atoms with Crippen LogP contribution in [0.5, 0.6) is 0 Å². The minimum atomic E-state index is 0.738. The monoisotopic (exact) mass is 177 g/mol. The van der Waals surface area contributed by atoms with Crippen LogP contribution in [0.15, 0.2) is 35.6 Å². The molecule has 0 amide bonds. The number of aldehydes is 1. The molecule has 0 aliphatic heterocycles. The molecule has 0 aromatic heterocycles. The van der Waals surface area contributed by atoms with E-state index in [1.54, 1.807) is 0 Å². The fraction of sp³-hybridized carbons (Fsp3) is 0.364. The number of hydrogen-bond donors (Lipinski definition) is 1. The van der Waals surface area contributed by atoms with Gasteiger partial charge in [0.25, 0.3) is 0 Å². The molecule has 1 aliphatic carbocycles. The van der Waals surface area contributed by atoms with Gasteiger partial charge in [-0.25, -0.2) is 0 Å². The van der Waals surface area contributed by atoms with Crippen molar-refractivity contribution in [3.63, 3.8) is 0 Å². The molecule has 1 rings (SSSR count). The molecule has 0 unspecified atom stereocenters. The first-order valence-electron chi connectivity index (χ1n) is 4.65. The van der Waals surface area contributed by atoms with Gasteiger partial charge in [0.15, 0.2) is 6.29 Å². The van der Waals surface area contributed by atoms with Gasteiger partial charge in [-0.3, -0.25) is 4.79 Å². The van der Waals surface area contributed by atoms with Crippen LogP contribution < -0.4 is 5.32 Å². The average molecular weight is 177 g/mol.